The van der Waals surface area contributed by atoms with Gasteiger partial charge in [0, 0.05) is 44.3 Å². The first-order valence-corrected chi connectivity index (χ1v) is 9.31. The average molecular weight is 350 g/mol. The molecule has 0 aromatic heterocycles. The molecule has 1 saturated heterocycles. The number of nitrogens with one attached hydrogen (secondary N) is 2. The summed E-state index contributed by atoms with van der Waals surface area (Å²) in [4.78, 5) is 6.84. The van der Waals surface area contributed by atoms with Crippen LogP contribution in [0.25, 0.3) is 0 Å². The van der Waals surface area contributed by atoms with E-state index in [1.165, 1.54) is 31.7 Å². The van der Waals surface area contributed by atoms with Crippen LogP contribution in [0.3, 0.4) is 0 Å². The number of likely N-dealkylation sites (tertiary alicyclic amines) is 1. The Morgan fingerprint density at radius 3 is 2.56 bits per heavy atom. The smallest absolute Gasteiger partial charge is 0.191 e. The van der Waals surface area contributed by atoms with Crippen LogP contribution in [0.15, 0.2) is 23.2 Å². The molecular formula is C19H28F2N4. The zero-order chi connectivity index (χ0) is 17.6. The van der Waals surface area contributed by atoms with Gasteiger partial charge in [-0.25, -0.2) is 8.78 Å². The lowest BCUT2D eigenvalue weighted by molar-refractivity contribution is 0.150. The number of aliphatic imine (C=N–C) groups is 1. The molecule has 1 saturated carbocycles. The summed E-state index contributed by atoms with van der Waals surface area (Å²) >= 11 is 0. The Bertz CT molecular complexity index is 591. The summed E-state index contributed by atoms with van der Waals surface area (Å²) in [6.45, 7) is 2.46. The van der Waals surface area contributed by atoms with Crippen molar-refractivity contribution in [2.45, 2.75) is 57.2 Å². The Kier molecular flexibility index (Phi) is 6.24. The van der Waals surface area contributed by atoms with Crippen molar-refractivity contribution < 1.29 is 8.78 Å². The minimum atomic E-state index is -0.430. The fourth-order valence-electron chi connectivity index (χ4n) is 3.92. The lowest BCUT2D eigenvalue weighted by atomic mass is 10.0. The van der Waals surface area contributed by atoms with Crippen molar-refractivity contribution in [1.29, 1.82) is 0 Å². The van der Waals surface area contributed by atoms with E-state index in [1.807, 2.05) is 0 Å². The van der Waals surface area contributed by atoms with Gasteiger partial charge in [-0.05, 0) is 43.9 Å². The fraction of sp³-hybridized carbons (Fsp3) is 0.632. The van der Waals surface area contributed by atoms with Crippen LogP contribution in [-0.2, 0) is 6.54 Å². The zero-order valence-electron chi connectivity index (χ0n) is 14.9. The van der Waals surface area contributed by atoms with Crippen LogP contribution in [0.4, 0.5) is 8.78 Å². The van der Waals surface area contributed by atoms with Gasteiger partial charge in [0.1, 0.15) is 11.6 Å². The van der Waals surface area contributed by atoms with Gasteiger partial charge in [-0.15, -0.1) is 0 Å². The van der Waals surface area contributed by atoms with Gasteiger partial charge < -0.3 is 15.5 Å². The van der Waals surface area contributed by atoms with E-state index in [2.05, 4.69) is 20.5 Å². The lowest BCUT2D eigenvalue weighted by Gasteiger charge is -2.36. The molecule has 0 unspecified atom stereocenters. The molecule has 138 valence electrons. The Labute approximate surface area is 148 Å². The molecule has 1 heterocycles. The van der Waals surface area contributed by atoms with Gasteiger partial charge in [0.05, 0.1) is 0 Å². The van der Waals surface area contributed by atoms with Crippen LogP contribution in [0, 0.1) is 11.6 Å². The van der Waals surface area contributed by atoms with Crippen molar-refractivity contribution in [3.05, 3.63) is 35.4 Å². The molecule has 0 atom stereocenters. The van der Waals surface area contributed by atoms with Crippen molar-refractivity contribution in [2.75, 3.05) is 20.1 Å². The number of benzene rings is 1. The number of nitrogens with zero attached hydrogens (tertiary/aromatic N) is 2. The first-order valence-electron chi connectivity index (χ1n) is 9.31. The minimum Gasteiger partial charge on any atom is -0.354 e. The van der Waals surface area contributed by atoms with Crippen LogP contribution in [0.1, 0.15) is 44.1 Å². The highest BCUT2D eigenvalue weighted by Crippen LogP contribution is 2.26. The van der Waals surface area contributed by atoms with Crippen LogP contribution in [-0.4, -0.2) is 43.1 Å². The van der Waals surface area contributed by atoms with E-state index in [0.29, 0.717) is 17.6 Å². The van der Waals surface area contributed by atoms with Crippen LogP contribution in [0.2, 0.25) is 0 Å². The molecule has 1 aliphatic heterocycles. The standard InChI is InChI=1S/C19H28F2N4/c1-22-19(23-13-14-12-15(20)6-7-18(14)21)24-16-8-10-25(11-9-16)17-4-2-3-5-17/h6-7,12,16-17H,2-5,8-11,13H2,1H3,(H2,22,23,24). The molecule has 2 aliphatic rings. The number of guanidine groups is 1. The maximum atomic E-state index is 13.7. The van der Waals surface area contributed by atoms with E-state index < -0.39 is 11.6 Å². The zero-order valence-corrected chi connectivity index (χ0v) is 14.9. The topological polar surface area (TPSA) is 39.7 Å². The van der Waals surface area contributed by atoms with Crippen molar-refractivity contribution in [2.24, 2.45) is 4.99 Å². The molecule has 4 nitrogen and oxygen atoms in total. The van der Waals surface area contributed by atoms with Gasteiger partial charge in [0.15, 0.2) is 5.96 Å². The summed E-state index contributed by atoms with van der Waals surface area (Å²) in [7, 11) is 1.70. The molecule has 6 heteroatoms. The van der Waals surface area contributed by atoms with E-state index in [0.717, 1.165) is 44.1 Å². The third-order valence-corrected chi connectivity index (χ3v) is 5.39. The highest BCUT2D eigenvalue weighted by Gasteiger charge is 2.27. The minimum absolute atomic E-state index is 0.212. The molecule has 0 spiro atoms. The summed E-state index contributed by atoms with van der Waals surface area (Å²) in [5, 5.41) is 6.50. The van der Waals surface area contributed by atoms with Gasteiger partial charge in [-0.1, -0.05) is 12.8 Å². The molecule has 0 bridgehead atoms. The Hall–Kier alpha value is -1.69. The number of piperidine rings is 1. The molecule has 2 N–H and O–H groups in total. The van der Waals surface area contributed by atoms with Crippen molar-refractivity contribution in [3.8, 4) is 0 Å². The Balaban J connectivity index is 1.45. The molecule has 0 amide bonds. The van der Waals surface area contributed by atoms with Crippen molar-refractivity contribution in [1.82, 2.24) is 15.5 Å². The Morgan fingerprint density at radius 2 is 1.88 bits per heavy atom. The van der Waals surface area contributed by atoms with E-state index in [9.17, 15) is 8.78 Å². The van der Waals surface area contributed by atoms with E-state index in [4.69, 9.17) is 0 Å². The second-order valence-corrected chi connectivity index (χ2v) is 7.05. The van der Waals surface area contributed by atoms with E-state index in [1.54, 1.807) is 7.05 Å². The molecule has 1 aromatic rings. The molecule has 25 heavy (non-hydrogen) atoms. The largest absolute Gasteiger partial charge is 0.354 e. The third kappa shape index (κ3) is 4.91. The monoisotopic (exact) mass is 350 g/mol. The number of halogens is 2. The fourth-order valence-corrected chi connectivity index (χ4v) is 3.92. The summed E-state index contributed by atoms with van der Waals surface area (Å²) in [5.74, 6) is -0.197. The van der Waals surface area contributed by atoms with Crippen LogP contribution < -0.4 is 10.6 Å². The quantitative estimate of drug-likeness (QED) is 0.648. The molecular weight excluding hydrogens is 322 g/mol. The maximum absolute atomic E-state index is 13.7. The number of rotatable bonds is 4. The maximum Gasteiger partial charge on any atom is 0.191 e. The predicted molar refractivity (Wildman–Crippen MR) is 96.5 cm³/mol. The first kappa shape index (κ1) is 18.1. The number of hydrogen-bond donors (Lipinski definition) is 2. The van der Waals surface area contributed by atoms with Gasteiger partial charge in [0.2, 0.25) is 0 Å². The van der Waals surface area contributed by atoms with E-state index in [-0.39, 0.29) is 6.54 Å². The van der Waals surface area contributed by atoms with Crippen LogP contribution in [0.5, 0.6) is 0 Å². The van der Waals surface area contributed by atoms with Gasteiger partial charge in [-0.3, -0.25) is 4.99 Å². The van der Waals surface area contributed by atoms with Gasteiger partial charge in [-0.2, -0.15) is 0 Å². The lowest BCUT2D eigenvalue weighted by Crippen LogP contribution is -2.50. The average Bonchev–Trinajstić information content (AvgIpc) is 3.16. The SMILES string of the molecule is CN=C(NCc1cc(F)ccc1F)NC1CCN(C2CCCC2)CC1. The summed E-state index contributed by atoms with van der Waals surface area (Å²) in [6.07, 6.45) is 7.62. The second-order valence-electron chi connectivity index (χ2n) is 7.05. The summed E-state index contributed by atoms with van der Waals surface area (Å²) in [6, 6.07) is 4.66. The predicted octanol–water partition coefficient (Wildman–Crippen LogP) is 3.04. The highest BCUT2D eigenvalue weighted by molar-refractivity contribution is 5.79. The summed E-state index contributed by atoms with van der Waals surface area (Å²) in [5.41, 5.74) is 0.305. The van der Waals surface area contributed by atoms with Gasteiger partial charge >= 0.3 is 0 Å². The molecule has 0 radical (unpaired) electrons. The van der Waals surface area contributed by atoms with E-state index >= 15 is 0 Å². The molecule has 2 fully saturated rings. The highest BCUT2D eigenvalue weighted by atomic mass is 19.1. The van der Waals surface area contributed by atoms with Gasteiger partial charge in [0.25, 0.3) is 0 Å². The van der Waals surface area contributed by atoms with Crippen molar-refractivity contribution >= 4 is 5.96 Å². The molecule has 3 rings (SSSR count). The normalized spacial score (nSPS) is 20.8. The second kappa shape index (κ2) is 8.61. The molecule has 1 aromatic carbocycles. The van der Waals surface area contributed by atoms with Crippen molar-refractivity contribution in [3.63, 3.8) is 0 Å². The Morgan fingerprint density at radius 1 is 1.16 bits per heavy atom. The summed E-state index contributed by atoms with van der Waals surface area (Å²) < 4.78 is 26.9. The van der Waals surface area contributed by atoms with Crippen LogP contribution >= 0.6 is 0 Å². The number of hydrogen-bond acceptors (Lipinski definition) is 2. The molecule has 1 aliphatic carbocycles. The first-order chi connectivity index (χ1) is 12.2. The third-order valence-electron chi connectivity index (χ3n) is 5.39.